The first-order valence-corrected chi connectivity index (χ1v) is 14.5. The van der Waals surface area contributed by atoms with Gasteiger partial charge in [0.1, 0.15) is 0 Å². The first-order valence-electron chi connectivity index (χ1n) is 12.2. The van der Waals surface area contributed by atoms with Gasteiger partial charge in [-0.1, -0.05) is 6.07 Å². The quantitative estimate of drug-likeness (QED) is 0.193. The zero-order valence-corrected chi connectivity index (χ0v) is 23.0. The Morgan fingerprint density at radius 2 is 1.64 bits per heavy atom. The smallest absolute Gasteiger partial charge is 0.00468 e. The molecule has 4 rings (SSSR count). The number of aromatic hydroxyl groups is 1. The number of hydrogen-bond acceptors (Lipinski definition) is 7. The number of aromatic nitrogens is 1. The maximum atomic E-state index is 12.9. The van der Waals surface area contributed by atoms with Crippen molar-refractivity contribution >= 4 is 32.2 Å². The predicted molar refractivity (Wildman–Crippen MR) is 146 cm³/mol. The first-order chi connectivity index (χ1) is 18.9. The zero-order chi connectivity index (χ0) is 27.6. The van der Waals surface area contributed by atoms with Gasteiger partial charge in [-0.3, -0.25) is 0 Å². The minimum atomic E-state index is -0.606. The Morgan fingerprint density at radius 1 is 0.897 bits per heavy atom. The van der Waals surface area contributed by atoms with Crippen LogP contribution in [0, 0.1) is 0 Å². The van der Waals surface area contributed by atoms with E-state index in [-0.39, 0.29) is 34.3 Å². The number of amides is 1. The van der Waals surface area contributed by atoms with Gasteiger partial charge >= 0.3 is 180 Å². The fourth-order valence-corrected chi connectivity index (χ4v) is 5.39. The topological polar surface area (TPSA) is 115 Å². The molecular weight excluding hydrogens is 559 g/mol. The summed E-state index contributed by atoms with van der Waals surface area (Å²) in [7, 11) is 0. The van der Waals surface area contributed by atoms with E-state index in [1.165, 1.54) is 18.3 Å². The van der Waals surface area contributed by atoms with Crippen molar-refractivity contribution in [1.29, 1.82) is 0 Å². The Morgan fingerprint density at radius 3 is 2.41 bits per heavy atom. The van der Waals surface area contributed by atoms with E-state index in [4.69, 9.17) is 9.47 Å². The van der Waals surface area contributed by atoms with E-state index < -0.39 is 21.7 Å². The molecule has 0 saturated carbocycles. The summed E-state index contributed by atoms with van der Waals surface area (Å²) in [5, 5.41) is 13.1. The molecule has 4 aromatic rings. The van der Waals surface area contributed by atoms with Crippen LogP contribution < -0.4 is 10.1 Å². The summed E-state index contributed by atoms with van der Waals surface area (Å²) in [5.74, 6) is -0.260. The van der Waals surface area contributed by atoms with Gasteiger partial charge in [0.05, 0.1) is 12.2 Å². The van der Waals surface area contributed by atoms with Crippen molar-refractivity contribution in [2.24, 2.45) is 0 Å². The number of ether oxygens (including phenoxy) is 2. The molecule has 1 amide bonds. The van der Waals surface area contributed by atoms with Crippen LogP contribution in [-0.2, 0) is 16.5 Å². The third-order valence-electron chi connectivity index (χ3n) is 5.55. The van der Waals surface area contributed by atoms with Crippen LogP contribution in [0.4, 0.5) is 0 Å². The number of phenols is 1. The van der Waals surface area contributed by atoms with E-state index in [1.54, 1.807) is 55.5 Å². The molecule has 8 nitrogen and oxygen atoms in total. The van der Waals surface area contributed by atoms with Crippen LogP contribution >= 0.6 is 0 Å². The summed E-state index contributed by atoms with van der Waals surface area (Å²) in [4.78, 5) is 41.6. The number of nitrogens with one attached hydrogen (secondary N) is 1. The minimum absolute atomic E-state index is 0.0561. The normalized spacial score (nSPS) is 10.8. The standard InChI is InChI=1S/C30H26AsN2O6/c1-2-38-30(37)23-7-4-9-25(17-23)39-29-26(10-5-15-32-29)28(36)33-19-21-13-11-20(12-14-21)18-31-27(35)22-6-3-8-24(34)16-22/h3-17,34H,2,18-19H2,1H3,(H,33,36). The van der Waals surface area contributed by atoms with E-state index >= 15 is 0 Å². The number of benzene rings is 3. The van der Waals surface area contributed by atoms with E-state index in [1.807, 2.05) is 24.3 Å². The third kappa shape index (κ3) is 7.79. The van der Waals surface area contributed by atoms with Gasteiger partial charge in [-0.05, 0) is 25.1 Å². The molecule has 1 heterocycles. The molecule has 3 aromatic carbocycles. The van der Waals surface area contributed by atoms with Crippen molar-refractivity contribution in [1.82, 2.24) is 10.3 Å². The van der Waals surface area contributed by atoms with Crippen LogP contribution in [-0.4, -0.2) is 48.9 Å². The average molecular weight is 585 g/mol. The van der Waals surface area contributed by atoms with E-state index in [9.17, 15) is 19.5 Å². The van der Waals surface area contributed by atoms with Gasteiger partial charge in [-0.2, -0.15) is 0 Å². The number of pyridine rings is 1. The molecule has 9 heteroatoms. The molecule has 0 atom stereocenters. The fraction of sp³-hybridized carbons (Fsp3) is 0.133. The van der Waals surface area contributed by atoms with Crippen molar-refractivity contribution < 1.29 is 29.0 Å². The summed E-state index contributed by atoms with van der Waals surface area (Å²) in [6, 6.07) is 23.9. The van der Waals surface area contributed by atoms with Gasteiger partial charge in [0.25, 0.3) is 0 Å². The molecular formula is C30H26AsN2O6. The van der Waals surface area contributed by atoms with Crippen molar-refractivity contribution in [3.63, 3.8) is 0 Å². The number of hydrogen-bond donors (Lipinski definition) is 2. The Balaban J connectivity index is 1.33. The number of nitrogens with zero attached hydrogens (tertiary/aromatic N) is 1. The second kappa shape index (κ2) is 13.4. The van der Waals surface area contributed by atoms with Crippen molar-refractivity contribution in [2.75, 3.05) is 6.61 Å². The molecule has 0 aliphatic carbocycles. The SMILES string of the molecule is CCOC(=O)c1cccc(Oc2ncccc2C(=O)NCc2ccc(C[As]C(=O)c3cccc(O)c3)cc2)c1. The van der Waals surface area contributed by atoms with Crippen molar-refractivity contribution in [3.05, 3.63) is 119 Å². The number of carbonyl (C=O) groups excluding carboxylic acids is 3. The Bertz CT molecular complexity index is 1470. The number of phenolic OH excluding ortho intramolecular Hbond substituents is 1. The molecule has 0 bridgehead atoms. The third-order valence-corrected chi connectivity index (χ3v) is 7.79. The van der Waals surface area contributed by atoms with Gasteiger partial charge < -0.3 is 4.74 Å². The molecule has 197 valence electrons. The Kier molecular flexibility index (Phi) is 9.48. The van der Waals surface area contributed by atoms with Crippen molar-refractivity contribution in [2.45, 2.75) is 18.7 Å². The summed E-state index contributed by atoms with van der Waals surface area (Å²) >= 11 is -0.606. The molecule has 39 heavy (non-hydrogen) atoms. The molecule has 0 aliphatic heterocycles. The second-order valence-corrected chi connectivity index (χ2v) is 10.6. The van der Waals surface area contributed by atoms with Crippen LogP contribution in [0.2, 0.25) is 0 Å². The van der Waals surface area contributed by atoms with E-state index in [0.717, 1.165) is 11.1 Å². The zero-order valence-electron chi connectivity index (χ0n) is 21.2. The summed E-state index contributed by atoms with van der Waals surface area (Å²) in [6.45, 7) is 2.29. The Hall–Kier alpha value is -4.42. The van der Waals surface area contributed by atoms with Crippen LogP contribution in [0.5, 0.6) is 17.4 Å². The van der Waals surface area contributed by atoms with Gasteiger partial charge in [0, 0.05) is 0 Å². The van der Waals surface area contributed by atoms with Gasteiger partial charge in [0.2, 0.25) is 0 Å². The van der Waals surface area contributed by atoms with Crippen LogP contribution in [0.1, 0.15) is 49.1 Å². The second-order valence-electron chi connectivity index (χ2n) is 8.38. The summed E-state index contributed by atoms with van der Waals surface area (Å²) in [5.41, 5.74) is 3.05. The number of rotatable bonds is 11. The van der Waals surface area contributed by atoms with Gasteiger partial charge in [-0.25, -0.2) is 4.79 Å². The van der Waals surface area contributed by atoms with Gasteiger partial charge in [0.15, 0.2) is 0 Å². The monoisotopic (exact) mass is 585 g/mol. The first kappa shape index (κ1) is 27.6. The van der Waals surface area contributed by atoms with Crippen LogP contribution in [0.25, 0.3) is 0 Å². The molecule has 2 N–H and O–H groups in total. The van der Waals surface area contributed by atoms with Crippen LogP contribution in [0.15, 0.2) is 91.1 Å². The molecule has 0 aliphatic rings. The number of esters is 1. The van der Waals surface area contributed by atoms with E-state index in [0.29, 0.717) is 28.6 Å². The largest absolute Gasteiger partial charge is 0.00468 e. The maximum Gasteiger partial charge on any atom is -0.00468 e. The Labute approximate surface area is 232 Å². The summed E-state index contributed by atoms with van der Waals surface area (Å²) in [6.07, 6.45) is 1.52. The molecule has 0 unspecified atom stereocenters. The molecule has 0 spiro atoms. The molecule has 0 saturated heterocycles. The van der Waals surface area contributed by atoms with Gasteiger partial charge in [-0.15, -0.1) is 0 Å². The molecule has 0 fully saturated rings. The fourth-order valence-electron chi connectivity index (χ4n) is 3.59. The maximum absolute atomic E-state index is 12.9. The molecule has 1 aromatic heterocycles. The van der Waals surface area contributed by atoms with Crippen molar-refractivity contribution in [3.8, 4) is 17.4 Å². The average Bonchev–Trinajstić information content (AvgIpc) is 2.96. The summed E-state index contributed by atoms with van der Waals surface area (Å²) < 4.78 is 10.9. The predicted octanol–water partition coefficient (Wildman–Crippen LogP) is 4.73. The van der Waals surface area contributed by atoms with E-state index in [2.05, 4.69) is 10.3 Å². The minimum Gasteiger partial charge on any atom is -0.00468 e. The molecule has 1 radical (unpaired) electrons. The number of carbonyl (C=O) groups is 3. The van der Waals surface area contributed by atoms with Crippen LogP contribution in [0.3, 0.4) is 0 Å².